The third-order valence-electron chi connectivity index (χ3n) is 6.09. The summed E-state index contributed by atoms with van der Waals surface area (Å²) in [4.78, 5) is 31.3. The maximum absolute atomic E-state index is 13.0. The lowest BCUT2D eigenvalue weighted by Gasteiger charge is -2.44. The summed E-state index contributed by atoms with van der Waals surface area (Å²) in [6.45, 7) is 4.67. The number of benzene rings is 2. The summed E-state index contributed by atoms with van der Waals surface area (Å²) in [5.41, 5.74) is 3.17. The van der Waals surface area contributed by atoms with Crippen molar-refractivity contribution in [3.8, 4) is 11.5 Å². The van der Waals surface area contributed by atoms with Crippen LogP contribution >= 0.6 is 0 Å². The highest BCUT2D eigenvalue weighted by molar-refractivity contribution is 6.05. The van der Waals surface area contributed by atoms with Gasteiger partial charge in [-0.15, -0.1) is 0 Å². The van der Waals surface area contributed by atoms with Gasteiger partial charge in [-0.3, -0.25) is 9.59 Å². The molecule has 7 nitrogen and oxygen atoms in total. The van der Waals surface area contributed by atoms with E-state index in [9.17, 15) is 9.59 Å². The van der Waals surface area contributed by atoms with E-state index in [0.29, 0.717) is 34.2 Å². The summed E-state index contributed by atoms with van der Waals surface area (Å²) >= 11 is 0. The first-order valence-corrected chi connectivity index (χ1v) is 10.4. The Kier molecular flexibility index (Phi) is 4.75. The maximum atomic E-state index is 13.0. The molecule has 2 bridgehead atoms. The molecule has 3 fully saturated rings. The topological polar surface area (TPSA) is 87.5 Å². The minimum atomic E-state index is -0.122. The Morgan fingerprint density at radius 1 is 1.10 bits per heavy atom. The molecule has 0 spiro atoms. The fourth-order valence-corrected chi connectivity index (χ4v) is 4.53. The van der Waals surface area contributed by atoms with Crippen molar-refractivity contribution in [2.24, 2.45) is 5.92 Å². The number of anilines is 1. The van der Waals surface area contributed by atoms with Crippen LogP contribution in [0.15, 0.2) is 46.9 Å². The Balaban J connectivity index is 1.39. The zero-order valence-electron chi connectivity index (χ0n) is 16.9. The van der Waals surface area contributed by atoms with E-state index in [1.165, 1.54) is 6.92 Å². The Morgan fingerprint density at radius 2 is 1.87 bits per heavy atom. The van der Waals surface area contributed by atoms with E-state index in [2.05, 4.69) is 20.5 Å². The van der Waals surface area contributed by atoms with E-state index >= 15 is 0 Å². The molecule has 2 N–H and O–H groups in total. The van der Waals surface area contributed by atoms with Crippen LogP contribution in [0.3, 0.4) is 0 Å². The smallest absolute Gasteiger partial charge is 0.253 e. The molecule has 0 aliphatic carbocycles. The molecule has 1 aromatic heterocycles. The van der Waals surface area contributed by atoms with Gasteiger partial charge in [0.2, 0.25) is 11.8 Å². The molecule has 1 unspecified atom stereocenters. The maximum Gasteiger partial charge on any atom is 0.253 e. The molecule has 3 aromatic rings. The van der Waals surface area contributed by atoms with Gasteiger partial charge in [0.15, 0.2) is 5.58 Å². The summed E-state index contributed by atoms with van der Waals surface area (Å²) in [7, 11) is 0. The lowest BCUT2D eigenvalue weighted by atomic mass is 9.84. The Bertz CT molecular complexity index is 1100. The largest absolute Gasteiger partial charge is 0.436 e. The fraction of sp³-hybridized carbons (Fsp3) is 0.348. The molecule has 0 radical (unpaired) electrons. The van der Waals surface area contributed by atoms with E-state index in [-0.39, 0.29) is 17.9 Å². The molecule has 6 rings (SSSR count). The van der Waals surface area contributed by atoms with Crippen molar-refractivity contribution >= 4 is 28.6 Å². The highest BCUT2D eigenvalue weighted by Crippen LogP contribution is 2.29. The molecule has 2 amide bonds. The number of hydrogen-bond acceptors (Lipinski definition) is 5. The van der Waals surface area contributed by atoms with Gasteiger partial charge in [0.05, 0.1) is 5.56 Å². The summed E-state index contributed by atoms with van der Waals surface area (Å²) in [5.74, 6) is 0.791. The number of amides is 2. The average molecular weight is 404 g/mol. The third-order valence-corrected chi connectivity index (χ3v) is 6.09. The fourth-order valence-electron chi connectivity index (χ4n) is 4.53. The molecule has 3 aliphatic heterocycles. The second kappa shape index (κ2) is 7.57. The number of carbonyl (C=O) groups is 2. The Hall–Kier alpha value is -3.19. The van der Waals surface area contributed by atoms with Gasteiger partial charge in [-0.2, -0.15) is 0 Å². The number of piperidine rings is 3. The molecule has 30 heavy (non-hydrogen) atoms. The average Bonchev–Trinajstić information content (AvgIpc) is 3.19. The molecule has 1 atom stereocenters. The van der Waals surface area contributed by atoms with Crippen LogP contribution in [0.2, 0.25) is 0 Å². The van der Waals surface area contributed by atoms with Crippen LogP contribution in [-0.4, -0.2) is 47.4 Å². The zero-order chi connectivity index (χ0) is 20.7. The van der Waals surface area contributed by atoms with E-state index < -0.39 is 0 Å². The van der Waals surface area contributed by atoms with E-state index in [1.54, 1.807) is 18.2 Å². The summed E-state index contributed by atoms with van der Waals surface area (Å²) in [5, 5.41) is 5.97. The number of nitrogens with zero attached hydrogens (tertiary/aromatic N) is 2. The van der Waals surface area contributed by atoms with E-state index in [1.807, 2.05) is 24.3 Å². The van der Waals surface area contributed by atoms with Crippen LogP contribution in [0.1, 0.15) is 30.1 Å². The van der Waals surface area contributed by atoms with Crippen LogP contribution in [0.5, 0.6) is 0 Å². The van der Waals surface area contributed by atoms with Gasteiger partial charge in [0.1, 0.15) is 5.52 Å². The molecule has 154 valence electrons. The minimum absolute atomic E-state index is 0.0970. The second-order valence-corrected chi connectivity index (χ2v) is 8.15. The van der Waals surface area contributed by atoms with Crippen molar-refractivity contribution in [2.45, 2.75) is 25.8 Å². The van der Waals surface area contributed by atoms with E-state index in [4.69, 9.17) is 4.42 Å². The number of para-hydroxylation sites is 1. The second-order valence-electron chi connectivity index (χ2n) is 8.15. The number of fused-ring (bicyclic) bond motifs is 4. The van der Waals surface area contributed by atoms with Crippen molar-refractivity contribution in [3.05, 3.63) is 48.0 Å². The first-order chi connectivity index (χ1) is 14.6. The molecular formula is C23H24N4O3. The Morgan fingerprint density at radius 3 is 2.53 bits per heavy atom. The standard InChI is InChI=1S/C23H24N4O3/c1-14(28)24-17-7-5-16(6-8-17)23-26-21-18(3-2-4-20(21)30-23)22(29)25-19-13-27-11-9-15(19)10-12-27/h2-8,15,19H,9-13H2,1H3,(H,24,28)(H,25,29). The van der Waals surface area contributed by atoms with Gasteiger partial charge >= 0.3 is 0 Å². The van der Waals surface area contributed by atoms with Gasteiger partial charge in [-0.05, 0) is 68.2 Å². The van der Waals surface area contributed by atoms with Gasteiger partial charge in [0.25, 0.3) is 5.91 Å². The third kappa shape index (κ3) is 3.57. The first-order valence-electron chi connectivity index (χ1n) is 10.4. The molecule has 4 heterocycles. The van der Waals surface area contributed by atoms with Gasteiger partial charge in [-0.25, -0.2) is 4.98 Å². The van der Waals surface area contributed by atoms with Crippen LogP contribution in [-0.2, 0) is 4.79 Å². The van der Waals surface area contributed by atoms with Crippen LogP contribution in [0, 0.1) is 5.92 Å². The van der Waals surface area contributed by atoms with Gasteiger partial charge in [-0.1, -0.05) is 6.07 Å². The predicted octanol–water partition coefficient (Wildman–Crippen LogP) is 3.28. The quantitative estimate of drug-likeness (QED) is 0.697. The molecule has 7 heteroatoms. The minimum Gasteiger partial charge on any atom is -0.436 e. The van der Waals surface area contributed by atoms with Crippen molar-refractivity contribution in [2.75, 3.05) is 25.0 Å². The van der Waals surface area contributed by atoms with Crippen molar-refractivity contribution in [1.82, 2.24) is 15.2 Å². The summed E-state index contributed by atoms with van der Waals surface area (Å²) in [6.07, 6.45) is 2.30. The lowest BCUT2D eigenvalue weighted by Crippen LogP contribution is -2.57. The van der Waals surface area contributed by atoms with Crippen molar-refractivity contribution in [3.63, 3.8) is 0 Å². The highest BCUT2D eigenvalue weighted by Gasteiger charge is 2.35. The van der Waals surface area contributed by atoms with E-state index in [0.717, 1.165) is 38.0 Å². The molecule has 3 saturated heterocycles. The van der Waals surface area contributed by atoms with Gasteiger partial charge < -0.3 is 20.0 Å². The number of nitrogens with one attached hydrogen (secondary N) is 2. The number of oxazole rings is 1. The predicted molar refractivity (Wildman–Crippen MR) is 114 cm³/mol. The normalized spacial score (nSPS) is 22.8. The molecular weight excluding hydrogens is 380 g/mol. The number of hydrogen-bond donors (Lipinski definition) is 2. The lowest BCUT2D eigenvalue weighted by molar-refractivity contribution is -0.114. The Labute approximate surface area is 174 Å². The van der Waals surface area contributed by atoms with Crippen molar-refractivity contribution in [1.29, 1.82) is 0 Å². The van der Waals surface area contributed by atoms with Crippen LogP contribution in [0.4, 0.5) is 5.69 Å². The summed E-state index contributed by atoms with van der Waals surface area (Å²) < 4.78 is 5.92. The van der Waals surface area contributed by atoms with Gasteiger partial charge in [0, 0.05) is 30.8 Å². The first kappa shape index (κ1) is 18.8. The summed E-state index contributed by atoms with van der Waals surface area (Å²) in [6, 6.07) is 12.9. The monoisotopic (exact) mass is 404 g/mol. The zero-order valence-corrected chi connectivity index (χ0v) is 16.9. The number of rotatable bonds is 4. The number of carbonyl (C=O) groups excluding carboxylic acids is 2. The highest BCUT2D eigenvalue weighted by atomic mass is 16.3. The SMILES string of the molecule is CC(=O)Nc1ccc(-c2nc3c(C(=O)NC4CN5CCC4CC5)cccc3o2)cc1. The molecule has 3 aliphatic rings. The van der Waals surface area contributed by atoms with Crippen LogP contribution in [0.25, 0.3) is 22.6 Å². The number of aromatic nitrogens is 1. The van der Waals surface area contributed by atoms with Crippen molar-refractivity contribution < 1.29 is 14.0 Å². The van der Waals surface area contributed by atoms with Crippen LogP contribution < -0.4 is 10.6 Å². The molecule has 2 aromatic carbocycles. The molecule has 0 saturated carbocycles.